The second kappa shape index (κ2) is 6.86. The predicted molar refractivity (Wildman–Crippen MR) is 66.2 cm³/mol. The minimum absolute atomic E-state index is 0.00958. The van der Waals surface area contributed by atoms with Crippen LogP contribution in [0.15, 0.2) is 0 Å². The number of hydrogen-bond donors (Lipinski definition) is 1. The van der Waals surface area contributed by atoms with Crippen LogP contribution in [0.3, 0.4) is 0 Å². The number of rotatable bonds is 5. The first kappa shape index (κ1) is 13.5. The summed E-state index contributed by atoms with van der Waals surface area (Å²) in [6.07, 6.45) is 4.53. The van der Waals surface area contributed by atoms with Crippen molar-refractivity contribution in [2.24, 2.45) is 5.73 Å². The number of nitrogens with two attached hydrogens (primary N) is 1. The van der Waals surface area contributed by atoms with Gasteiger partial charge in [-0.25, -0.2) is 0 Å². The van der Waals surface area contributed by atoms with Crippen molar-refractivity contribution in [2.45, 2.75) is 38.6 Å². The molecule has 1 heterocycles. The van der Waals surface area contributed by atoms with E-state index in [1.54, 1.807) is 0 Å². The standard InChI is InChI=1S/C12H25N3O/c1-11(14(2)8-6-7-13)12(16)15-9-4-3-5-10-15/h11H,3-10,13H2,1-2H3. The summed E-state index contributed by atoms with van der Waals surface area (Å²) in [7, 11) is 2.00. The maximum Gasteiger partial charge on any atom is 0.239 e. The highest BCUT2D eigenvalue weighted by molar-refractivity contribution is 5.81. The highest BCUT2D eigenvalue weighted by Crippen LogP contribution is 2.11. The van der Waals surface area contributed by atoms with E-state index in [0.29, 0.717) is 6.54 Å². The Morgan fingerprint density at radius 2 is 2.00 bits per heavy atom. The van der Waals surface area contributed by atoms with E-state index in [-0.39, 0.29) is 11.9 Å². The van der Waals surface area contributed by atoms with Crippen LogP contribution in [0.2, 0.25) is 0 Å². The van der Waals surface area contributed by atoms with E-state index in [9.17, 15) is 4.79 Å². The van der Waals surface area contributed by atoms with Crippen molar-refractivity contribution in [3.05, 3.63) is 0 Å². The van der Waals surface area contributed by atoms with E-state index in [1.165, 1.54) is 6.42 Å². The van der Waals surface area contributed by atoms with Crippen molar-refractivity contribution in [3.8, 4) is 0 Å². The Labute approximate surface area is 98.8 Å². The van der Waals surface area contributed by atoms with Crippen LogP contribution in [0.1, 0.15) is 32.6 Å². The van der Waals surface area contributed by atoms with Crippen molar-refractivity contribution in [3.63, 3.8) is 0 Å². The minimum Gasteiger partial charge on any atom is -0.341 e. The highest BCUT2D eigenvalue weighted by atomic mass is 16.2. The van der Waals surface area contributed by atoms with Gasteiger partial charge >= 0.3 is 0 Å². The summed E-state index contributed by atoms with van der Waals surface area (Å²) >= 11 is 0. The molecule has 0 aromatic carbocycles. The Morgan fingerprint density at radius 3 is 2.56 bits per heavy atom. The number of nitrogens with zero attached hydrogens (tertiary/aromatic N) is 2. The first-order valence-corrected chi connectivity index (χ1v) is 6.36. The lowest BCUT2D eigenvalue weighted by Gasteiger charge is -2.32. The molecule has 1 rings (SSSR count). The fraction of sp³-hybridized carbons (Fsp3) is 0.917. The van der Waals surface area contributed by atoms with E-state index < -0.39 is 0 Å². The summed E-state index contributed by atoms with van der Waals surface area (Å²) in [5.41, 5.74) is 5.47. The summed E-state index contributed by atoms with van der Waals surface area (Å²) in [4.78, 5) is 16.3. The third kappa shape index (κ3) is 3.76. The number of amides is 1. The molecule has 1 atom stereocenters. The Kier molecular flexibility index (Phi) is 5.77. The molecule has 0 spiro atoms. The van der Waals surface area contributed by atoms with Gasteiger partial charge in [-0.05, 0) is 52.7 Å². The molecule has 1 amide bonds. The monoisotopic (exact) mass is 227 g/mol. The van der Waals surface area contributed by atoms with E-state index in [2.05, 4.69) is 4.90 Å². The largest absolute Gasteiger partial charge is 0.341 e. The number of hydrogen-bond acceptors (Lipinski definition) is 3. The zero-order chi connectivity index (χ0) is 12.0. The van der Waals surface area contributed by atoms with Crippen LogP contribution in [0.25, 0.3) is 0 Å². The van der Waals surface area contributed by atoms with Gasteiger partial charge in [0.25, 0.3) is 0 Å². The molecular weight excluding hydrogens is 202 g/mol. The topological polar surface area (TPSA) is 49.6 Å². The first-order valence-electron chi connectivity index (χ1n) is 6.36. The van der Waals surface area contributed by atoms with Crippen molar-refractivity contribution >= 4 is 5.91 Å². The minimum atomic E-state index is -0.00958. The van der Waals surface area contributed by atoms with Crippen LogP contribution < -0.4 is 5.73 Å². The average molecular weight is 227 g/mol. The molecule has 1 unspecified atom stereocenters. The second-order valence-corrected chi connectivity index (χ2v) is 4.68. The number of likely N-dealkylation sites (N-methyl/N-ethyl adjacent to an activating group) is 1. The Hall–Kier alpha value is -0.610. The average Bonchev–Trinajstić information content (AvgIpc) is 2.35. The summed E-state index contributed by atoms with van der Waals surface area (Å²) in [5, 5.41) is 0. The molecule has 0 aliphatic carbocycles. The van der Waals surface area contributed by atoms with Crippen LogP contribution in [0.4, 0.5) is 0 Å². The fourth-order valence-electron chi connectivity index (χ4n) is 2.10. The molecule has 0 bridgehead atoms. The zero-order valence-electron chi connectivity index (χ0n) is 10.6. The Balaban J connectivity index is 2.38. The van der Waals surface area contributed by atoms with E-state index >= 15 is 0 Å². The quantitative estimate of drug-likeness (QED) is 0.751. The van der Waals surface area contributed by atoms with Gasteiger partial charge < -0.3 is 10.6 Å². The van der Waals surface area contributed by atoms with Crippen LogP contribution in [-0.2, 0) is 4.79 Å². The van der Waals surface area contributed by atoms with Crippen molar-refractivity contribution in [1.82, 2.24) is 9.80 Å². The van der Waals surface area contributed by atoms with Gasteiger partial charge in [0.1, 0.15) is 0 Å². The van der Waals surface area contributed by atoms with Crippen LogP contribution >= 0.6 is 0 Å². The maximum absolute atomic E-state index is 12.2. The number of carbonyl (C=O) groups excluding carboxylic acids is 1. The first-order chi connectivity index (χ1) is 7.66. The molecule has 0 aromatic heterocycles. The van der Waals surface area contributed by atoms with Gasteiger partial charge in [-0.3, -0.25) is 9.69 Å². The van der Waals surface area contributed by atoms with Crippen LogP contribution in [0, 0.1) is 0 Å². The molecular formula is C12H25N3O. The summed E-state index contributed by atoms with van der Waals surface area (Å²) in [6, 6.07) is -0.00958. The Bertz CT molecular complexity index is 214. The third-order valence-corrected chi connectivity index (χ3v) is 3.40. The van der Waals surface area contributed by atoms with E-state index in [4.69, 9.17) is 5.73 Å². The van der Waals surface area contributed by atoms with Gasteiger partial charge in [0, 0.05) is 13.1 Å². The van der Waals surface area contributed by atoms with Gasteiger partial charge in [-0.15, -0.1) is 0 Å². The van der Waals surface area contributed by atoms with E-state index in [1.807, 2.05) is 18.9 Å². The fourth-order valence-corrected chi connectivity index (χ4v) is 2.10. The molecule has 1 aliphatic heterocycles. The second-order valence-electron chi connectivity index (χ2n) is 4.68. The summed E-state index contributed by atoms with van der Waals surface area (Å²) < 4.78 is 0. The molecule has 94 valence electrons. The molecule has 1 saturated heterocycles. The lowest BCUT2D eigenvalue weighted by Crippen LogP contribution is -2.47. The maximum atomic E-state index is 12.2. The molecule has 0 radical (unpaired) electrons. The van der Waals surface area contributed by atoms with E-state index in [0.717, 1.165) is 38.9 Å². The molecule has 0 saturated carbocycles. The smallest absolute Gasteiger partial charge is 0.239 e. The summed E-state index contributed by atoms with van der Waals surface area (Å²) in [5.74, 6) is 0.277. The predicted octanol–water partition coefficient (Wildman–Crippen LogP) is 0.668. The van der Waals surface area contributed by atoms with Gasteiger partial charge in [0.15, 0.2) is 0 Å². The third-order valence-electron chi connectivity index (χ3n) is 3.40. The molecule has 2 N–H and O–H groups in total. The van der Waals surface area contributed by atoms with Gasteiger partial charge in [0.05, 0.1) is 6.04 Å². The van der Waals surface area contributed by atoms with Crippen molar-refractivity contribution in [2.75, 3.05) is 33.2 Å². The highest BCUT2D eigenvalue weighted by Gasteiger charge is 2.24. The molecule has 4 nitrogen and oxygen atoms in total. The number of likely N-dealkylation sites (tertiary alicyclic amines) is 1. The normalized spacial score (nSPS) is 18.9. The van der Waals surface area contributed by atoms with Crippen molar-refractivity contribution < 1.29 is 4.79 Å². The SMILES string of the molecule is CC(C(=O)N1CCCCC1)N(C)CCCN. The Morgan fingerprint density at radius 1 is 1.38 bits per heavy atom. The molecule has 4 heteroatoms. The lowest BCUT2D eigenvalue weighted by molar-refractivity contribution is -0.136. The zero-order valence-corrected chi connectivity index (χ0v) is 10.6. The van der Waals surface area contributed by atoms with Crippen molar-refractivity contribution in [1.29, 1.82) is 0 Å². The van der Waals surface area contributed by atoms with Gasteiger partial charge in [0.2, 0.25) is 5.91 Å². The number of carbonyl (C=O) groups is 1. The van der Waals surface area contributed by atoms with Crippen LogP contribution in [0.5, 0.6) is 0 Å². The van der Waals surface area contributed by atoms with Gasteiger partial charge in [-0.2, -0.15) is 0 Å². The van der Waals surface area contributed by atoms with Crippen LogP contribution in [-0.4, -0.2) is 55.0 Å². The molecule has 1 fully saturated rings. The lowest BCUT2D eigenvalue weighted by atomic mass is 10.1. The summed E-state index contributed by atoms with van der Waals surface area (Å²) in [6.45, 7) is 5.46. The molecule has 0 aromatic rings. The molecule has 1 aliphatic rings. The number of piperidine rings is 1. The van der Waals surface area contributed by atoms with Gasteiger partial charge in [-0.1, -0.05) is 0 Å². The molecule has 16 heavy (non-hydrogen) atoms.